The fourth-order valence-electron chi connectivity index (χ4n) is 2.71. The first kappa shape index (κ1) is 12.9. The third-order valence-electron chi connectivity index (χ3n) is 4.29. The van der Waals surface area contributed by atoms with Gasteiger partial charge in [-0.05, 0) is 43.4 Å². The van der Waals surface area contributed by atoms with Gasteiger partial charge in [-0.3, -0.25) is 0 Å². The normalized spacial score (nSPS) is 19.7. The molecule has 1 aromatic rings. The van der Waals surface area contributed by atoms with Crippen molar-refractivity contribution < 1.29 is 8.42 Å². The van der Waals surface area contributed by atoms with Crippen LogP contribution in [0.1, 0.15) is 31.2 Å². The van der Waals surface area contributed by atoms with E-state index >= 15 is 0 Å². The van der Waals surface area contributed by atoms with E-state index in [1.54, 1.807) is 23.5 Å². The summed E-state index contributed by atoms with van der Waals surface area (Å²) in [5.41, 5.74) is 2.20. The largest absolute Gasteiger partial charge is 0.385 e. The average Bonchev–Trinajstić information content (AvgIpc) is 2.36. The van der Waals surface area contributed by atoms with Gasteiger partial charge < -0.3 is 5.32 Å². The molecule has 0 saturated heterocycles. The van der Waals surface area contributed by atoms with E-state index in [9.17, 15) is 8.42 Å². The molecule has 1 aliphatic carbocycles. The second kappa shape index (κ2) is 4.80. The maximum atomic E-state index is 12.6. The number of rotatable bonds is 3. The van der Waals surface area contributed by atoms with Gasteiger partial charge in [-0.2, -0.15) is 4.31 Å². The Hall–Kier alpha value is -1.07. The van der Waals surface area contributed by atoms with Gasteiger partial charge in [0.05, 0.1) is 4.90 Å². The van der Waals surface area contributed by atoms with Crippen molar-refractivity contribution in [2.45, 2.75) is 43.0 Å². The van der Waals surface area contributed by atoms with Crippen molar-refractivity contribution in [1.29, 1.82) is 0 Å². The highest BCUT2D eigenvalue weighted by Crippen LogP contribution is 2.31. The summed E-state index contributed by atoms with van der Waals surface area (Å²) in [6.07, 6.45) is 5.25. The van der Waals surface area contributed by atoms with Gasteiger partial charge >= 0.3 is 0 Å². The first-order chi connectivity index (χ1) is 9.09. The molecule has 1 heterocycles. The third kappa shape index (κ3) is 2.25. The van der Waals surface area contributed by atoms with Gasteiger partial charge in [0.25, 0.3) is 0 Å². The molecule has 1 saturated carbocycles. The maximum absolute atomic E-state index is 12.6. The summed E-state index contributed by atoms with van der Waals surface area (Å²) >= 11 is 0. The van der Waals surface area contributed by atoms with Crippen molar-refractivity contribution in [3.8, 4) is 0 Å². The Morgan fingerprint density at radius 3 is 2.74 bits per heavy atom. The summed E-state index contributed by atoms with van der Waals surface area (Å²) in [4.78, 5) is 0.412. The van der Waals surface area contributed by atoms with Gasteiger partial charge in [-0.15, -0.1) is 0 Å². The molecule has 0 amide bonds. The SMILES string of the molecule is CN(C1CCC1)S(=O)(=O)c1ccc2c(c1)NCCC2. The van der Waals surface area contributed by atoms with Gasteiger partial charge in [0.15, 0.2) is 0 Å². The Balaban J connectivity index is 1.92. The molecule has 0 aromatic heterocycles. The van der Waals surface area contributed by atoms with Gasteiger partial charge in [0.1, 0.15) is 0 Å². The first-order valence-corrected chi connectivity index (χ1v) is 8.38. The second-order valence-electron chi connectivity index (χ2n) is 5.46. The maximum Gasteiger partial charge on any atom is 0.243 e. The molecule has 0 unspecified atom stereocenters. The van der Waals surface area contributed by atoms with Gasteiger partial charge in [0.2, 0.25) is 10.0 Å². The Labute approximate surface area is 114 Å². The predicted molar refractivity (Wildman–Crippen MR) is 75.8 cm³/mol. The number of aryl methyl sites for hydroxylation is 1. The van der Waals surface area contributed by atoms with Gasteiger partial charge in [0, 0.05) is 25.3 Å². The van der Waals surface area contributed by atoms with E-state index in [0.717, 1.165) is 44.3 Å². The van der Waals surface area contributed by atoms with Crippen LogP contribution in [-0.4, -0.2) is 32.4 Å². The number of fused-ring (bicyclic) bond motifs is 1. The third-order valence-corrected chi connectivity index (χ3v) is 6.19. The van der Waals surface area contributed by atoms with Crippen molar-refractivity contribution in [3.63, 3.8) is 0 Å². The van der Waals surface area contributed by atoms with Crippen LogP contribution in [0.15, 0.2) is 23.1 Å². The highest BCUT2D eigenvalue weighted by Gasteiger charge is 2.32. The molecule has 0 bridgehead atoms. The zero-order valence-electron chi connectivity index (χ0n) is 11.2. The number of hydrogen-bond acceptors (Lipinski definition) is 3. The van der Waals surface area contributed by atoms with Crippen LogP contribution in [0.25, 0.3) is 0 Å². The lowest BCUT2D eigenvalue weighted by Gasteiger charge is -2.34. The van der Waals surface area contributed by atoms with E-state index in [-0.39, 0.29) is 6.04 Å². The van der Waals surface area contributed by atoms with Crippen LogP contribution in [-0.2, 0) is 16.4 Å². The molecule has 0 radical (unpaired) electrons. The zero-order valence-corrected chi connectivity index (χ0v) is 12.0. The van der Waals surface area contributed by atoms with Crippen molar-refractivity contribution in [3.05, 3.63) is 23.8 Å². The van der Waals surface area contributed by atoms with Crippen molar-refractivity contribution >= 4 is 15.7 Å². The van der Waals surface area contributed by atoms with Gasteiger partial charge in [-0.25, -0.2) is 8.42 Å². The Morgan fingerprint density at radius 2 is 2.05 bits per heavy atom. The second-order valence-corrected chi connectivity index (χ2v) is 7.45. The van der Waals surface area contributed by atoms with E-state index in [1.807, 2.05) is 6.07 Å². The predicted octanol–water partition coefficient (Wildman–Crippen LogP) is 2.22. The molecule has 0 spiro atoms. The van der Waals surface area contributed by atoms with Crippen molar-refractivity contribution in [2.75, 3.05) is 18.9 Å². The lowest BCUT2D eigenvalue weighted by molar-refractivity contribution is 0.249. The van der Waals surface area contributed by atoms with Crippen LogP contribution >= 0.6 is 0 Å². The molecule has 5 heteroatoms. The first-order valence-electron chi connectivity index (χ1n) is 6.94. The Kier molecular flexibility index (Phi) is 3.27. The molecule has 2 aliphatic rings. The quantitative estimate of drug-likeness (QED) is 0.923. The molecule has 1 aliphatic heterocycles. The highest BCUT2D eigenvalue weighted by molar-refractivity contribution is 7.89. The molecule has 1 fully saturated rings. The fraction of sp³-hybridized carbons (Fsp3) is 0.571. The lowest BCUT2D eigenvalue weighted by Crippen LogP contribution is -2.41. The van der Waals surface area contributed by atoms with Crippen LogP contribution in [0.3, 0.4) is 0 Å². The number of benzene rings is 1. The summed E-state index contributed by atoms with van der Waals surface area (Å²) in [6.45, 7) is 0.926. The molecule has 3 rings (SSSR count). The number of nitrogens with one attached hydrogen (secondary N) is 1. The van der Waals surface area contributed by atoms with E-state index in [2.05, 4.69) is 5.32 Å². The summed E-state index contributed by atoms with van der Waals surface area (Å²) in [7, 11) is -1.64. The Morgan fingerprint density at radius 1 is 1.26 bits per heavy atom. The molecule has 4 nitrogen and oxygen atoms in total. The molecular weight excluding hydrogens is 260 g/mol. The number of nitrogens with zero attached hydrogens (tertiary/aromatic N) is 1. The smallest absolute Gasteiger partial charge is 0.243 e. The Bertz CT molecular complexity index is 579. The van der Waals surface area contributed by atoms with E-state index in [1.165, 1.54) is 5.56 Å². The van der Waals surface area contributed by atoms with Crippen LogP contribution in [0.2, 0.25) is 0 Å². The van der Waals surface area contributed by atoms with E-state index in [4.69, 9.17) is 0 Å². The summed E-state index contributed by atoms with van der Waals surface area (Å²) in [5.74, 6) is 0. The van der Waals surface area contributed by atoms with Crippen molar-refractivity contribution in [2.24, 2.45) is 0 Å². The minimum Gasteiger partial charge on any atom is -0.385 e. The van der Waals surface area contributed by atoms with Crippen LogP contribution in [0.5, 0.6) is 0 Å². The molecule has 19 heavy (non-hydrogen) atoms. The summed E-state index contributed by atoms with van der Waals surface area (Å²) < 4.78 is 26.6. The lowest BCUT2D eigenvalue weighted by atomic mass is 9.94. The summed E-state index contributed by atoms with van der Waals surface area (Å²) in [6, 6.07) is 5.67. The molecule has 1 N–H and O–H groups in total. The summed E-state index contributed by atoms with van der Waals surface area (Å²) in [5, 5.41) is 3.29. The number of anilines is 1. The average molecular weight is 280 g/mol. The van der Waals surface area contributed by atoms with Crippen molar-refractivity contribution in [1.82, 2.24) is 4.31 Å². The van der Waals surface area contributed by atoms with Crippen LogP contribution < -0.4 is 5.32 Å². The molecular formula is C14H20N2O2S. The molecule has 104 valence electrons. The zero-order chi connectivity index (χ0) is 13.5. The van der Waals surface area contributed by atoms with Crippen LogP contribution in [0.4, 0.5) is 5.69 Å². The van der Waals surface area contributed by atoms with Gasteiger partial charge in [-0.1, -0.05) is 12.5 Å². The highest BCUT2D eigenvalue weighted by atomic mass is 32.2. The van der Waals surface area contributed by atoms with E-state index < -0.39 is 10.0 Å². The topological polar surface area (TPSA) is 49.4 Å². The molecule has 0 atom stereocenters. The fourth-order valence-corrected chi connectivity index (χ4v) is 4.16. The number of hydrogen-bond donors (Lipinski definition) is 1. The van der Waals surface area contributed by atoms with Crippen LogP contribution in [0, 0.1) is 0 Å². The number of sulfonamides is 1. The minimum atomic E-state index is -3.34. The standard InChI is InChI=1S/C14H20N2O2S/c1-16(12-5-2-6-12)19(17,18)13-8-7-11-4-3-9-15-14(11)10-13/h7-8,10,12,15H,2-6,9H2,1H3. The minimum absolute atomic E-state index is 0.189. The van der Waals surface area contributed by atoms with E-state index in [0.29, 0.717) is 4.90 Å². The monoisotopic (exact) mass is 280 g/mol. The molecule has 1 aromatic carbocycles.